The quantitative estimate of drug-likeness (QED) is 0.298. The van der Waals surface area contributed by atoms with Crippen LogP contribution in [-0.4, -0.2) is 35.5 Å². The molecule has 12 heavy (non-hydrogen) atoms. The van der Waals surface area contributed by atoms with E-state index < -0.39 is 12.0 Å². The summed E-state index contributed by atoms with van der Waals surface area (Å²) in [6.45, 7) is 0.661. The van der Waals surface area contributed by atoms with Crippen molar-refractivity contribution in [3.8, 4) is 0 Å². The minimum absolute atomic E-state index is 0.0367. The highest BCUT2D eigenvalue weighted by molar-refractivity contribution is 5.72. The fourth-order valence-electron chi connectivity index (χ4n) is 0.817. The zero-order valence-electron chi connectivity index (χ0n) is 6.99. The Morgan fingerprint density at radius 3 is 2.67 bits per heavy atom. The molecular formula is C7H16N2O3. The highest BCUT2D eigenvalue weighted by Gasteiger charge is 2.09. The van der Waals surface area contributed by atoms with Gasteiger partial charge in [-0.05, 0) is 19.4 Å². The van der Waals surface area contributed by atoms with Crippen LogP contribution in [0.4, 0.5) is 0 Å². The second kappa shape index (κ2) is 7.02. The van der Waals surface area contributed by atoms with E-state index >= 15 is 0 Å². The number of rotatable bonds is 7. The maximum Gasteiger partial charge on any atom is 0.320 e. The second-order valence-electron chi connectivity index (χ2n) is 2.60. The van der Waals surface area contributed by atoms with Crippen molar-refractivity contribution in [1.29, 1.82) is 0 Å². The zero-order valence-corrected chi connectivity index (χ0v) is 6.99. The zero-order chi connectivity index (χ0) is 9.40. The van der Waals surface area contributed by atoms with Gasteiger partial charge in [-0.15, -0.1) is 0 Å². The van der Waals surface area contributed by atoms with Crippen LogP contribution in [0.5, 0.6) is 0 Å². The van der Waals surface area contributed by atoms with Gasteiger partial charge in [-0.1, -0.05) is 6.42 Å². The standard InChI is InChI=1S/C7H16N2O3/c8-6(7(11)12)3-1-2-4-9-5-10/h6,9-10H,1-5,8H2,(H,11,12)/t6-/m0/s1. The maximum absolute atomic E-state index is 10.2. The van der Waals surface area contributed by atoms with E-state index in [1.807, 2.05) is 0 Å². The molecule has 0 aromatic heterocycles. The fourth-order valence-corrected chi connectivity index (χ4v) is 0.817. The Labute approximate surface area is 71.6 Å². The Hall–Kier alpha value is -0.650. The Balaban J connectivity index is 3.14. The molecule has 0 rings (SSSR count). The first kappa shape index (κ1) is 11.4. The van der Waals surface area contributed by atoms with Crippen molar-refractivity contribution in [2.24, 2.45) is 5.73 Å². The van der Waals surface area contributed by atoms with E-state index in [1.165, 1.54) is 0 Å². The molecule has 5 heteroatoms. The largest absolute Gasteiger partial charge is 0.480 e. The van der Waals surface area contributed by atoms with E-state index in [-0.39, 0.29) is 6.73 Å². The molecule has 0 fully saturated rings. The van der Waals surface area contributed by atoms with Crippen molar-refractivity contribution in [2.45, 2.75) is 25.3 Å². The second-order valence-corrected chi connectivity index (χ2v) is 2.60. The Bertz CT molecular complexity index is 130. The van der Waals surface area contributed by atoms with Gasteiger partial charge in [0.2, 0.25) is 0 Å². The van der Waals surface area contributed by atoms with Crippen LogP contribution in [0.25, 0.3) is 0 Å². The van der Waals surface area contributed by atoms with Gasteiger partial charge < -0.3 is 15.9 Å². The summed E-state index contributed by atoms with van der Waals surface area (Å²) < 4.78 is 0. The summed E-state index contributed by atoms with van der Waals surface area (Å²) in [4.78, 5) is 10.2. The number of carboxylic acid groups (broad SMARTS) is 1. The van der Waals surface area contributed by atoms with Crippen LogP contribution in [0, 0.1) is 0 Å². The molecule has 0 bridgehead atoms. The summed E-state index contributed by atoms with van der Waals surface area (Å²) in [5, 5.41) is 19.5. The lowest BCUT2D eigenvalue weighted by atomic mass is 10.1. The molecule has 0 unspecified atom stereocenters. The van der Waals surface area contributed by atoms with Crippen LogP contribution in [0.15, 0.2) is 0 Å². The number of aliphatic hydroxyl groups is 1. The lowest BCUT2D eigenvalue weighted by Gasteiger charge is -2.05. The van der Waals surface area contributed by atoms with Gasteiger partial charge in [0.25, 0.3) is 0 Å². The molecule has 5 N–H and O–H groups in total. The van der Waals surface area contributed by atoms with Crippen LogP contribution in [0.1, 0.15) is 19.3 Å². The third-order valence-corrected chi connectivity index (χ3v) is 1.55. The molecule has 0 aromatic carbocycles. The number of carbonyl (C=O) groups is 1. The first-order chi connectivity index (χ1) is 5.68. The number of aliphatic hydroxyl groups excluding tert-OH is 1. The average molecular weight is 176 g/mol. The summed E-state index contributed by atoms with van der Waals surface area (Å²) in [6, 6.07) is -0.751. The van der Waals surface area contributed by atoms with E-state index in [0.29, 0.717) is 13.0 Å². The monoisotopic (exact) mass is 176 g/mol. The van der Waals surface area contributed by atoms with Crippen molar-refractivity contribution >= 4 is 5.97 Å². The third kappa shape index (κ3) is 6.09. The predicted molar refractivity (Wildman–Crippen MR) is 44.6 cm³/mol. The van der Waals surface area contributed by atoms with E-state index in [2.05, 4.69) is 5.32 Å². The van der Waals surface area contributed by atoms with Crippen molar-refractivity contribution in [1.82, 2.24) is 5.32 Å². The third-order valence-electron chi connectivity index (χ3n) is 1.55. The molecule has 1 atom stereocenters. The molecular weight excluding hydrogens is 160 g/mol. The normalized spacial score (nSPS) is 12.8. The van der Waals surface area contributed by atoms with Gasteiger partial charge in [-0.2, -0.15) is 0 Å². The average Bonchev–Trinajstić information content (AvgIpc) is 2.03. The minimum atomic E-state index is -0.954. The molecule has 0 amide bonds. The highest BCUT2D eigenvalue weighted by Crippen LogP contribution is 1.97. The number of hydrogen-bond donors (Lipinski definition) is 4. The van der Waals surface area contributed by atoms with Crippen LogP contribution < -0.4 is 11.1 Å². The highest BCUT2D eigenvalue weighted by atomic mass is 16.4. The molecule has 5 nitrogen and oxygen atoms in total. The minimum Gasteiger partial charge on any atom is -0.480 e. The number of aliphatic carboxylic acids is 1. The molecule has 0 heterocycles. The summed E-state index contributed by atoms with van der Waals surface area (Å²) in [5.74, 6) is -0.954. The topological polar surface area (TPSA) is 95.6 Å². The van der Waals surface area contributed by atoms with Gasteiger partial charge in [-0.3, -0.25) is 10.1 Å². The van der Waals surface area contributed by atoms with Gasteiger partial charge in [0, 0.05) is 0 Å². The first-order valence-corrected chi connectivity index (χ1v) is 3.98. The molecule has 0 aliphatic carbocycles. The summed E-state index contributed by atoms with van der Waals surface area (Å²) in [5.41, 5.74) is 5.26. The van der Waals surface area contributed by atoms with Crippen molar-refractivity contribution < 1.29 is 15.0 Å². The summed E-state index contributed by atoms with van der Waals surface area (Å²) >= 11 is 0. The van der Waals surface area contributed by atoms with Crippen LogP contribution in [0.3, 0.4) is 0 Å². The van der Waals surface area contributed by atoms with Gasteiger partial charge in [-0.25, -0.2) is 0 Å². The molecule has 0 saturated heterocycles. The molecule has 0 spiro atoms. The number of unbranched alkanes of at least 4 members (excludes halogenated alkanes) is 1. The molecule has 0 aliphatic rings. The Morgan fingerprint density at radius 2 is 2.17 bits per heavy atom. The lowest BCUT2D eigenvalue weighted by Crippen LogP contribution is -2.30. The van der Waals surface area contributed by atoms with Crippen LogP contribution >= 0.6 is 0 Å². The van der Waals surface area contributed by atoms with E-state index in [9.17, 15) is 4.79 Å². The number of nitrogens with one attached hydrogen (secondary N) is 1. The SMILES string of the molecule is N[C@@H](CCCCNCO)C(=O)O. The van der Waals surface area contributed by atoms with Gasteiger partial charge in [0.15, 0.2) is 0 Å². The Morgan fingerprint density at radius 1 is 1.50 bits per heavy atom. The van der Waals surface area contributed by atoms with Gasteiger partial charge in [0.05, 0.1) is 6.73 Å². The molecule has 0 aromatic rings. The van der Waals surface area contributed by atoms with Gasteiger partial charge >= 0.3 is 5.97 Å². The lowest BCUT2D eigenvalue weighted by molar-refractivity contribution is -0.138. The number of carboxylic acids is 1. The summed E-state index contributed by atoms with van der Waals surface area (Å²) in [7, 11) is 0. The van der Waals surface area contributed by atoms with E-state index in [1.54, 1.807) is 0 Å². The van der Waals surface area contributed by atoms with E-state index in [0.717, 1.165) is 12.8 Å². The van der Waals surface area contributed by atoms with Crippen LogP contribution in [0.2, 0.25) is 0 Å². The summed E-state index contributed by atoms with van der Waals surface area (Å²) in [6.07, 6.45) is 2.09. The predicted octanol–water partition coefficient (Wildman–Crippen LogP) is -0.892. The molecule has 72 valence electrons. The fraction of sp³-hybridized carbons (Fsp3) is 0.857. The Kier molecular flexibility index (Phi) is 6.64. The molecule has 0 radical (unpaired) electrons. The smallest absolute Gasteiger partial charge is 0.320 e. The number of nitrogens with two attached hydrogens (primary N) is 1. The molecule has 0 aliphatic heterocycles. The first-order valence-electron chi connectivity index (χ1n) is 3.98. The van der Waals surface area contributed by atoms with Crippen molar-refractivity contribution in [3.05, 3.63) is 0 Å². The van der Waals surface area contributed by atoms with Crippen molar-refractivity contribution in [2.75, 3.05) is 13.3 Å². The number of hydrogen-bond acceptors (Lipinski definition) is 4. The van der Waals surface area contributed by atoms with Crippen LogP contribution in [-0.2, 0) is 4.79 Å². The maximum atomic E-state index is 10.2. The van der Waals surface area contributed by atoms with E-state index in [4.69, 9.17) is 15.9 Å². The van der Waals surface area contributed by atoms with Gasteiger partial charge in [0.1, 0.15) is 6.04 Å². The van der Waals surface area contributed by atoms with Crippen molar-refractivity contribution in [3.63, 3.8) is 0 Å². The molecule has 0 saturated carbocycles.